The lowest BCUT2D eigenvalue weighted by atomic mass is 10.1. The maximum atomic E-state index is 12.8. The molecule has 96 valence electrons. The molecule has 0 aliphatic heterocycles. The van der Waals surface area contributed by atoms with Gasteiger partial charge < -0.3 is 10.5 Å². The summed E-state index contributed by atoms with van der Waals surface area (Å²) in [6.07, 6.45) is 1.78. The second kappa shape index (κ2) is 6.52. The summed E-state index contributed by atoms with van der Waals surface area (Å²) in [6.45, 7) is 0.647. The number of rotatable bonds is 6. The Labute approximate surface area is 110 Å². The van der Waals surface area contributed by atoms with Crippen molar-refractivity contribution < 1.29 is 9.13 Å². The molecule has 2 nitrogen and oxygen atoms in total. The van der Waals surface area contributed by atoms with Gasteiger partial charge >= 0.3 is 0 Å². The van der Waals surface area contributed by atoms with Crippen LogP contribution in [0.3, 0.4) is 0 Å². The van der Waals surface area contributed by atoms with E-state index in [2.05, 4.69) is 6.07 Å². The molecule has 0 bridgehead atoms. The molecule has 0 aliphatic carbocycles. The SMILES string of the molecule is NCCCC(Oc1ccc(F)cc1)c1cccs1. The van der Waals surface area contributed by atoms with Gasteiger partial charge in [0.05, 0.1) is 0 Å². The molecular weight excluding hydrogens is 249 g/mol. The molecule has 1 heterocycles. The summed E-state index contributed by atoms with van der Waals surface area (Å²) < 4.78 is 18.7. The fourth-order valence-electron chi connectivity index (χ4n) is 1.71. The molecule has 1 atom stereocenters. The average molecular weight is 265 g/mol. The molecule has 0 saturated carbocycles. The van der Waals surface area contributed by atoms with Crippen LogP contribution in [-0.4, -0.2) is 6.54 Å². The number of ether oxygens (including phenoxy) is 1. The molecule has 0 aliphatic rings. The fraction of sp³-hybridized carbons (Fsp3) is 0.286. The van der Waals surface area contributed by atoms with E-state index in [9.17, 15) is 4.39 Å². The van der Waals surface area contributed by atoms with Crippen LogP contribution in [0.4, 0.5) is 4.39 Å². The molecule has 0 saturated heterocycles. The summed E-state index contributed by atoms with van der Waals surface area (Å²) >= 11 is 1.66. The van der Waals surface area contributed by atoms with Crippen LogP contribution in [0.1, 0.15) is 23.8 Å². The third-order valence-corrected chi connectivity index (χ3v) is 3.59. The highest BCUT2D eigenvalue weighted by molar-refractivity contribution is 7.10. The fourth-order valence-corrected chi connectivity index (χ4v) is 2.50. The maximum Gasteiger partial charge on any atom is 0.133 e. The first kappa shape index (κ1) is 13.1. The first-order chi connectivity index (χ1) is 8.79. The largest absolute Gasteiger partial charge is 0.485 e. The van der Waals surface area contributed by atoms with Crippen molar-refractivity contribution in [1.82, 2.24) is 0 Å². The average Bonchev–Trinajstić information content (AvgIpc) is 2.90. The van der Waals surface area contributed by atoms with E-state index in [-0.39, 0.29) is 11.9 Å². The maximum absolute atomic E-state index is 12.8. The summed E-state index contributed by atoms with van der Waals surface area (Å²) in [5.41, 5.74) is 5.54. The Morgan fingerprint density at radius 1 is 1.22 bits per heavy atom. The van der Waals surface area contributed by atoms with Crippen molar-refractivity contribution in [3.8, 4) is 5.75 Å². The van der Waals surface area contributed by atoms with Crippen molar-refractivity contribution in [2.45, 2.75) is 18.9 Å². The van der Waals surface area contributed by atoms with Gasteiger partial charge in [0.1, 0.15) is 17.7 Å². The van der Waals surface area contributed by atoms with Crippen LogP contribution in [0, 0.1) is 5.82 Å². The number of hydrogen-bond donors (Lipinski definition) is 1. The number of halogens is 1. The van der Waals surface area contributed by atoms with Crippen LogP contribution in [-0.2, 0) is 0 Å². The molecule has 1 aromatic carbocycles. The Balaban J connectivity index is 2.07. The standard InChI is InChI=1S/C14H16FNOS/c15-11-5-7-12(8-6-11)17-13(3-1-9-16)14-4-2-10-18-14/h2,4-8,10,13H,1,3,9,16H2. The van der Waals surface area contributed by atoms with Crippen LogP contribution in [0.5, 0.6) is 5.75 Å². The van der Waals surface area contributed by atoms with Gasteiger partial charge in [0.15, 0.2) is 0 Å². The van der Waals surface area contributed by atoms with Gasteiger partial charge in [-0.3, -0.25) is 0 Å². The van der Waals surface area contributed by atoms with Crippen LogP contribution in [0.15, 0.2) is 41.8 Å². The van der Waals surface area contributed by atoms with Crippen LogP contribution in [0.25, 0.3) is 0 Å². The van der Waals surface area contributed by atoms with Gasteiger partial charge in [-0.1, -0.05) is 6.07 Å². The first-order valence-electron chi connectivity index (χ1n) is 5.95. The third kappa shape index (κ3) is 3.55. The molecule has 18 heavy (non-hydrogen) atoms. The van der Waals surface area contributed by atoms with E-state index in [1.165, 1.54) is 17.0 Å². The number of benzene rings is 1. The van der Waals surface area contributed by atoms with E-state index in [4.69, 9.17) is 10.5 Å². The van der Waals surface area contributed by atoms with Crippen molar-refractivity contribution in [1.29, 1.82) is 0 Å². The zero-order valence-corrected chi connectivity index (χ0v) is 10.8. The Hall–Kier alpha value is -1.39. The van der Waals surface area contributed by atoms with Crippen molar-refractivity contribution in [3.63, 3.8) is 0 Å². The predicted octanol–water partition coefficient (Wildman–Crippen LogP) is 3.75. The van der Waals surface area contributed by atoms with Crippen LogP contribution >= 0.6 is 11.3 Å². The Morgan fingerprint density at radius 2 is 2.00 bits per heavy atom. The van der Waals surface area contributed by atoms with Crippen molar-refractivity contribution in [3.05, 3.63) is 52.5 Å². The lowest BCUT2D eigenvalue weighted by molar-refractivity contribution is 0.196. The summed E-state index contributed by atoms with van der Waals surface area (Å²) in [7, 11) is 0. The van der Waals surface area contributed by atoms with Crippen LogP contribution in [0.2, 0.25) is 0 Å². The molecule has 2 rings (SSSR count). The first-order valence-corrected chi connectivity index (χ1v) is 6.83. The minimum Gasteiger partial charge on any atom is -0.485 e. The molecule has 2 aromatic rings. The molecule has 0 spiro atoms. The summed E-state index contributed by atoms with van der Waals surface area (Å²) in [6, 6.07) is 10.2. The zero-order chi connectivity index (χ0) is 12.8. The molecule has 0 amide bonds. The third-order valence-electron chi connectivity index (χ3n) is 2.62. The van der Waals surface area contributed by atoms with Crippen LogP contribution < -0.4 is 10.5 Å². The number of hydrogen-bond acceptors (Lipinski definition) is 3. The summed E-state index contributed by atoms with van der Waals surface area (Å²) in [4.78, 5) is 1.17. The van der Waals surface area contributed by atoms with E-state index < -0.39 is 0 Å². The lowest BCUT2D eigenvalue weighted by Crippen LogP contribution is -2.09. The molecule has 4 heteroatoms. The minimum atomic E-state index is -0.253. The van der Waals surface area contributed by atoms with E-state index in [1.807, 2.05) is 11.4 Å². The topological polar surface area (TPSA) is 35.2 Å². The lowest BCUT2D eigenvalue weighted by Gasteiger charge is -2.17. The predicted molar refractivity (Wildman–Crippen MR) is 72.4 cm³/mol. The van der Waals surface area contributed by atoms with Gasteiger partial charge in [-0.05, 0) is 55.1 Å². The Morgan fingerprint density at radius 3 is 2.61 bits per heavy atom. The molecule has 1 aromatic heterocycles. The molecule has 2 N–H and O–H groups in total. The second-order valence-corrected chi connectivity index (χ2v) is 4.99. The molecule has 0 fully saturated rings. The normalized spacial score (nSPS) is 12.3. The summed E-state index contributed by atoms with van der Waals surface area (Å²) in [5.74, 6) is 0.434. The van der Waals surface area contributed by atoms with Gasteiger partial charge in [-0.15, -0.1) is 11.3 Å². The Bertz CT molecular complexity index is 455. The molecular formula is C14H16FNOS. The smallest absolute Gasteiger partial charge is 0.133 e. The Kier molecular flexibility index (Phi) is 4.73. The van der Waals surface area contributed by atoms with E-state index in [0.29, 0.717) is 12.3 Å². The minimum absolute atomic E-state index is 0.000916. The number of nitrogens with two attached hydrogens (primary N) is 1. The van der Waals surface area contributed by atoms with Gasteiger partial charge in [0.25, 0.3) is 0 Å². The highest BCUT2D eigenvalue weighted by atomic mass is 32.1. The van der Waals surface area contributed by atoms with Crippen molar-refractivity contribution in [2.24, 2.45) is 5.73 Å². The highest BCUT2D eigenvalue weighted by Gasteiger charge is 2.14. The second-order valence-electron chi connectivity index (χ2n) is 4.01. The van der Waals surface area contributed by atoms with E-state index >= 15 is 0 Å². The monoisotopic (exact) mass is 265 g/mol. The molecule has 0 radical (unpaired) electrons. The highest BCUT2D eigenvalue weighted by Crippen LogP contribution is 2.28. The molecule has 1 unspecified atom stereocenters. The summed E-state index contributed by atoms with van der Waals surface area (Å²) in [5, 5.41) is 2.03. The van der Waals surface area contributed by atoms with Crippen molar-refractivity contribution in [2.75, 3.05) is 6.54 Å². The van der Waals surface area contributed by atoms with Gasteiger partial charge in [0.2, 0.25) is 0 Å². The van der Waals surface area contributed by atoms with E-state index in [1.54, 1.807) is 23.5 Å². The van der Waals surface area contributed by atoms with Crippen molar-refractivity contribution >= 4 is 11.3 Å². The zero-order valence-electron chi connectivity index (χ0n) is 10.0. The van der Waals surface area contributed by atoms with E-state index in [0.717, 1.165) is 12.8 Å². The van der Waals surface area contributed by atoms with Gasteiger partial charge in [0, 0.05) is 4.88 Å². The van der Waals surface area contributed by atoms with Gasteiger partial charge in [-0.2, -0.15) is 0 Å². The quantitative estimate of drug-likeness (QED) is 0.863. The van der Waals surface area contributed by atoms with Gasteiger partial charge in [-0.25, -0.2) is 4.39 Å². The number of thiophene rings is 1.